The number of piperidine rings is 1. The van der Waals surface area contributed by atoms with E-state index in [4.69, 9.17) is 11.6 Å². The molecule has 0 aliphatic carbocycles. The summed E-state index contributed by atoms with van der Waals surface area (Å²) >= 11 is 5.77. The van der Waals surface area contributed by atoms with Crippen LogP contribution in [0.1, 0.15) is 24.0 Å². The molecule has 1 fully saturated rings. The molecule has 1 saturated heterocycles. The number of hydrogen-bond acceptors (Lipinski definition) is 4. The molecule has 3 aromatic rings. The smallest absolute Gasteiger partial charge is 0.245 e. The molecule has 198 valence electrons. The SMILES string of the molecule is O=C(C=Cc1ccc(Cl)cc1F)NC1(C(=O)NCCNC(=O)Cc2cccc3ccccc23)CCNCC1. The maximum Gasteiger partial charge on any atom is 0.245 e. The van der Waals surface area contributed by atoms with Gasteiger partial charge in [0.05, 0.1) is 6.42 Å². The van der Waals surface area contributed by atoms with E-state index < -0.39 is 17.3 Å². The number of carbonyl (C=O) groups excluding carboxylic acids is 3. The molecule has 0 radical (unpaired) electrons. The number of amides is 3. The summed E-state index contributed by atoms with van der Waals surface area (Å²) in [4.78, 5) is 38.3. The van der Waals surface area contributed by atoms with Gasteiger partial charge in [0.25, 0.3) is 0 Å². The molecule has 9 heteroatoms. The van der Waals surface area contributed by atoms with Gasteiger partial charge < -0.3 is 21.3 Å². The van der Waals surface area contributed by atoms with Crippen molar-refractivity contribution in [2.45, 2.75) is 24.8 Å². The van der Waals surface area contributed by atoms with Crippen LogP contribution in [-0.4, -0.2) is 49.4 Å². The Balaban J connectivity index is 1.29. The summed E-state index contributed by atoms with van der Waals surface area (Å²) in [5, 5.41) is 14.1. The summed E-state index contributed by atoms with van der Waals surface area (Å²) in [7, 11) is 0. The number of rotatable bonds is 9. The van der Waals surface area contributed by atoms with Crippen LogP contribution in [0.3, 0.4) is 0 Å². The number of fused-ring (bicyclic) bond motifs is 1. The van der Waals surface area contributed by atoms with Gasteiger partial charge in [-0.2, -0.15) is 0 Å². The molecule has 3 amide bonds. The summed E-state index contributed by atoms with van der Waals surface area (Å²) in [6, 6.07) is 18.0. The van der Waals surface area contributed by atoms with Crippen molar-refractivity contribution in [3.8, 4) is 0 Å². The van der Waals surface area contributed by atoms with Crippen LogP contribution in [0.4, 0.5) is 4.39 Å². The fraction of sp³-hybridized carbons (Fsp3) is 0.276. The molecule has 0 atom stereocenters. The normalized spacial score (nSPS) is 14.8. The lowest BCUT2D eigenvalue weighted by atomic mass is 9.87. The van der Waals surface area contributed by atoms with Gasteiger partial charge in [-0.1, -0.05) is 60.1 Å². The average molecular weight is 537 g/mol. The first-order chi connectivity index (χ1) is 18.4. The molecular formula is C29H30ClFN4O3. The summed E-state index contributed by atoms with van der Waals surface area (Å²) < 4.78 is 14.0. The van der Waals surface area contributed by atoms with Crippen LogP contribution >= 0.6 is 11.6 Å². The number of carbonyl (C=O) groups is 3. The van der Waals surface area contributed by atoms with Crippen LogP contribution in [0.25, 0.3) is 16.8 Å². The third kappa shape index (κ3) is 6.96. The second-order valence-electron chi connectivity index (χ2n) is 9.24. The zero-order chi connectivity index (χ0) is 27.0. The van der Waals surface area contributed by atoms with Crippen molar-refractivity contribution >= 4 is 46.2 Å². The zero-order valence-corrected chi connectivity index (χ0v) is 21.6. The molecule has 3 aromatic carbocycles. The standard InChI is InChI=1S/C29H30ClFN4O3/c30-23-10-8-21(25(31)19-23)9-11-26(36)35-29(12-14-32-15-13-29)28(38)34-17-16-33-27(37)18-22-6-3-5-20-4-1-2-7-24(20)22/h1-11,19,32H,12-18H2,(H,33,37)(H,34,38)(H,35,36). The van der Waals surface area contributed by atoms with Gasteiger partial charge in [0, 0.05) is 29.8 Å². The van der Waals surface area contributed by atoms with E-state index in [0.717, 1.165) is 16.3 Å². The second-order valence-corrected chi connectivity index (χ2v) is 9.68. The molecule has 38 heavy (non-hydrogen) atoms. The van der Waals surface area contributed by atoms with Crippen LogP contribution in [0.15, 0.2) is 66.7 Å². The van der Waals surface area contributed by atoms with Crippen molar-refractivity contribution in [3.63, 3.8) is 0 Å². The molecule has 7 nitrogen and oxygen atoms in total. The van der Waals surface area contributed by atoms with Gasteiger partial charge in [-0.15, -0.1) is 0 Å². The van der Waals surface area contributed by atoms with E-state index in [9.17, 15) is 18.8 Å². The lowest BCUT2D eigenvalue weighted by molar-refractivity contribution is -0.133. The first-order valence-electron chi connectivity index (χ1n) is 12.5. The Kier molecular flexibility index (Phi) is 9.10. The van der Waals surface area contributed by atoms with Gasteiger partial charge in [-0.3, -0.25) is 14.4 Å². The maximum atomic E-state index is 14.0. The van der Waals surface area contributed by atoms with Crippen LogP contribution in [0.2, 0.25) is 5.02 Å². The molecule has 1 heterocycles. The number of halogens is 2. The minimum atomic E-state index is -1.10. The fourth-order valence-electron chi connectivity index (χ4n) is 4.57. The Hall–Kier alpha value is -3.75. The molecule has 0 unspecified atom stereocenters. The predicted molar refractivity (Wildman–Crippen MR) is 147 cm³/mol. The number of benzene rings is 3. The lowest BCUT2D eigenvalue weighted by Crippen LogP contribution is -2.63. The monoisotopic (exact) mass is 536 g/mol. The highest BCUT2D eigenvalue weighted by Gasteiger charge is 2.40. The first-order valence-corrected chi connectivity index (χ1v) is 12.9. The predicted octanol–water partition coefficient (Wildman–Crippen LogP) is 3.36. The Bertz CT molecular complexity index is 1350. The van der Waals surface area contributed by atoms with Gasteiger partial charge in [0.1, 0.15) is 11.4 Å². The highest BCUT2D eigenvalue weighted by Crippen LogP contribution is 2.20. The van der Waals surface area contributed by atoms with Gasteiger partial charge in [-0.25, -0.2) is 4.39 Å². The largest absolute Gasteiger partial charge is 0.354 e. The Morgan fingerprint density at radius 2 is 1.71 bits per heavy atom. The molecule has 0 saturated carbocycles. The van der Waals surface area contributed by atoms with Crippen LogP contribution < -0.4 is 21.3 Å². The first kappa shape index (κ1) is 27.3. The van der Waals surface area contributed by atoms with Gasteiger partial charge in [-0.05, 0) is 60.5 Å². The van der Waals surface area contributed by atoms with E-state index in [0.29, 0.717) is 25.9 Å². The maximum absolute atomic E-state index is 14.0. The van der Waals surface area contributed by atoms with Crippen molar-refractivity contribution in [3.05, 3.63) is 88.7 Å². The minimum absolute atomic E-state index is 0.139. The number of hydrogen-bond donors (Lipinski definition) is 4. The topological polar surface area (TPSA) is 99.3 Å². The quantitative estimate of drug-likeness (QED) is 0.249. The molecule has 0 aromatic heterocycles. The summed E-state index contributed by atoms with van der Waals surface area (Å²) in [6.07, 6.45) is 3.60. The summed E-state index contributed by atoms with van der Waals surface area (Å²) in [5.41, 5.74) is 0.0539. The van der Waals surface area contributed by atoms with Gasteiger partial charge in [0.2, 0.25) is 17.7 Å². The molecule has 4 N–H and O–H groups in total. The van der Waals surface area contributed by atoms with Crippen molar-refractivity contribution in [2.75, 3.05) is 26.2 Å². The number of nitrogens with one attached hydrogen (secondary N) is 4. The van der Waals surface area contributed by atoms with Crippen LogP contribution in [0, 0.1) is 5.82 Å². The molecule has 4 rings (SSSR count). The van der Waals surface area contributed by atoms with Crippen molar-refractivity contribution in [2.24, 2.45) is 0 Å². The Labute approximate surface area is 225 Å². The van der Waals surface area contributed by atoms with Crippen LogP contribution in [0.5, 0.6) is 0 Å². The highest BCUT2D eigenvalue weighted by molar-refractivity contribution is 6.30. The van der Waals surface area contributed by atoms with Crippen molar-refractivity contribution in [1.82, 2.24) is 21.3 Å². The zero-order valence-electron chi connectivity index (χ0n) is 20.9. The van der Waals surface area contributed by atoms with E-state index >= 15 is 0 Å². The Morgan fingerprint density at radius 3 is 2.50 bits per heavy atom. The van der Waals surface area contributed by atoms with Gasteiger partial charge >= 0.3 is 0 Å². The van der Waals surface area contributed by atoms with E-state index in [1.165, 1.54) is 30.4 Å². The van der Waals surface area contributed by atoms with E-state index in [1.54, 1.807) is 0 Å². The fourth-order valence-corrected chi connectivity index (χ4v) is 4.73. The van der Waals surface area contributed by atoms with Crippen molar-refractivity contribution < 1.29 is 18.8 Å². The lowest BCUT2D eigenvalue weighted by Gasteiger charge is -2.36. The van der Waals surface area contributed by atoms with Crippen molar-refractivity contribution in [1.29, 1.82) is 0 Å². The second kappa shape index (κ2) is 12.7. The molecule has 0 spiro atoms. The minimum Gasteiger partial charge on any atom is -0.354 e. The van der Waals surface area contributed by atoms with E-state index in [-0.39, 0.29) is 41.9 Å². The van der Waals surface area contributed by atoms with Crippen LogP contribution in [-0.2, 0) is 20.8 Å². The third-order valence-electron chi connectivity index (χ3n) is 6.59. The summed E-state index contributed by atoms with van der Waals surface area (Å²) in [6.45, 7) is 1.60. The molecule has 1 aliphatic heterocycles. The molecule has 0 bridgehead atoms. The molecule has 1 aliphatic rings. The molecular weight excluding hydrogens is 507 g/mol. The van der Waals surface area contributed by atoms with E-state index in [1.807, 2.05) is 42.5 Å². The van der Waals surface area contributed by atoms with Gasteiger partial charge in [0.15, 0.2) is 0 Å². The van der Waals surface area contributed by atoms with E-state index in [2.05, 4.69) is 21.3 Å². The Morgan fingerprint density at radius 1 is 0.974 bits per heavy atom. The summed E-state index contributed by atoms with van der Waals surface area (Å²) in [5.74, 6) is -1.50. The highest BCUT2D eigenvalue weighted by atomic mass is 35.5. The average Bonchev–Trinajstić information content (AvgIpc) is 2.91. The third-order valence-corrected chi connectivity index (χ3v) is 6.83.